The zero-order chi connectivity index (χ0) is 12.9. The third-order valence-electron chi connectivity index (χ3n) is 2.32. The summed E-state index contributed by atoms with van der Waals surface area (Å²) in [5.41, 5.74) is 5.17. The number of unbranched alkanes of at least 4 members (excludes halogenated alkanes) is 6. The Morgan fingerprint density at radius 2 is 1.65 bits per heavy atom. The molecule has 17 heavy (non-hydrogen) atoms. The summed E-state index contributed by atoms with van der Waals surface area (Å²) >= 11 is 6.64. The number of hydrazine groups is 1. The van der Waals surface area contributed by atoms with Gasteiger partial charge >= 0.3 is 0 Å². The van der Waals surface area contributed by atoms with Crippen LogP contribution in [-0.4, -0.2) is 16.0 Å². The Morgan fingerprint density at radius 3 is 2.24 bits per heavy atom. The Balaban J connectivity index is 3.16. The van der Waals surface area contributed by atoms with E-state index in [1.54, 1.807) is 11.8 Å². The van der Waals surface area contributed by atoms with Crippen molar-refractivity contribution >= 4 is 34.2 Å². The maximum Gasteiger partial charge on any atom is 0.235 e. The molecule has 0 unspecified atom stereocenters. The van der Waals surface area contributed by atoms with Gasteiger partial charge in [-0.15, -0.1) is 0 Å². The monoisotopic (exact) mass is 276 g/mol. The van der Waals surface area contributed by atoms with Gasteiger partial charge in [-0.2, -0.15) is 0 Å². The first-order valence-corrected chi connectivity index (χ1v) is 7.75. The number of hydrogen-bond donors (Lipinski definition) is 2. The fourth-order valence-corrected chi connectivity index (χ4v) is 2.36. The van der Waals surface area contributed by atoms with Crippen molar-refractivity contribution in [1.29, 1.82) is 0 Å². The number of carbonyl (C=O) groups is 1. The number of nitrogens with one attached hydrogen (secondary N) is 2. The molecule has 0 aliphatic carbocycles. The van der Waals surface area contributed by atoms with E-state index in [0.29, 0.717) is 4.32 Å². The van der Waals surface area contributed by atoms with Crippen LogP contribution in [0.1, 0.15) is 58.8 Å². The summed E-state index contributed by atoms with van der Waals surface area (Å²) in [7, 11) is 0. The fourth-order valence-electron chi connectivity index (χ4n) is 1.40. The third-order valence-corrected chi connectivity index (χ3v) is 3.63. The minimum Gasteiger partial charge on any atom is -0.283 e. The molecule has 0 aromatic rings. The van der Waals surface area contributed by atoms with Crippen molar-refractivity contribution in [3.63, 3.8) is 0 Å². The van der Waals surface area contributed by atoms with Crippen molar-refractivity contribution in [2.45, 2.75) is 58.8 Å². The highest BCUT2D eigenvalue weighted by Gasteiger charge is 1.97. The summed E-state index contributed by atoms with van der Waals surface area (Å²) in [4.78, 5) is 10.6. The number of hydrogen-bond acceptors (Lipinski definition) is 3. The first-order valence-electron chi connectivity index (χ1n) is 6.36. The smallest absolute Gasteiger partial charge is 0.235 e. The molecule has 0 aliphatic rings. The molecule has 0 aliphatic heterocycles. The Bertz CT molecular complexity index is 223. The normalized spacial score (nSPS) is 10.0. The molecule has 0 spiro atoms. The van der Waals surface area contributed by atoms with E-state index < -0.39 is 0 Å². The van der Waals surface area contributed by atoms with Gasteiger partial charge in [0.2, 0.25) is 5.91 Å². The van der Waals surface area contributed by atoms with Gasteiger partial charge in [0.25, 0.3) is 0 Å². The third kappa shape index (κ3) is 13.6. The van der Waals surface area contributed by atoms with E-state index in [-0.39, 0.29) is 5.91 Å². The van der Waals surface area contributed by atoms with Crippen LogP contribution in [0.2, 0.25) is 0 Å². The molecule has 2 N–H and O–H groups in total. The van der Waals surface area contributed by atoms with Crippen molar-refractivity contribution in [3.05, 3.63) is 0 Å². The lowest BCUT2D eigenvalue weighted by molar-refractivity contribution is -0.119. The Hall–Kier alpha value is -0.290. The van der Waals surface area contributed by atoms with E-state index in [9.17, 15) is 4.79 Å². The summed E-state index contributed by atoms with van der Waals surface area (Å²) < 4.78 is 0.645. The standard InChI is InChI=1S/C12H24N2OS2/c1-3-4-5-6-7-8-9-10-17-12(16)14-13-11(2)15/h3-10H2,1-2H3,(H,13,15)(H,14,16). The molecule has 0 saturated heterocycles. The van der Waals surface area contributed by atoms with Crippen molar-refractivity contribution in [2.24, 2.45) is 0 Å². The first kappa shape index (κ1) is 16.7. The Morgan fingerprint density at radius 1 is 1.06 bits per heavy atom. The largest absolute Gasteiger partial charge is 0.283 e. The van der Waals surface area contributed by atoms with Crippen molar-refractivity contribution in [1.82, 2.24) is 10.9 Å². The molecule has 5 heteroatoms. The highest BCUT2D eigenvalue weighted by atomic mass is 32.2. The topological polar surface area (TPSA) is 41.1 Å². The lowest BCUT2D eigenvalue weighted by Gasteiger charge is -2.06. The van der Waals surface area contributed by atoms with Gasteiger partial charge in [0, 0.05) is 12.7 Å². The van der Waals surface area contributed by atoms with Crippen LogP contribution in [0.25, 0.3) is 0 Å². The van der Waals surface area contributed by atoms with Gasteiger partial charge < -0.3 is 0 Å². The van der Waals surface area contributed by atoms with Crippen molar-refractivity contribution in [3.8, 4) is 0 Å². The van der Waals surface area contributed by atoms with Gasteiger partial charge in [-0.25, -0.2) is 0 Å². The number of thiocarbonyl (C=S) groups is 1. The number of thioether (sulfide) groups is 1. The molecule has 0 aromatic carbocycles. The molecule has 100 valence electrons. The molecule has 0 atom stereocenters. The van der Waals surface area contributed by atoms with Crippen molar-refractivity contribution in [2.75, 3.05) is 5.75 Å². The van der Waals surface area contributed by atoms with E-state index >= 15 is 0 Å². The lowest BCUT2D eigenvalue weighted by Crippen LogP contribution is -2.38. The molecule has 0 aromatic heterocycles. The van der Waals surface area contributed by atoms with Gasteiger partial charge in [-0.1, -0.05) is 69.4 Å². The van der Waals surface area contributed by atoms with Crippen LogP contribution in [0.3, 0.4) is 0 Å². The van der Waals surface area contributed by atoms with Crippen LogP contribution in [0.15, 0.2) is 0 Å². The molecule has 0 rings (SSSR count). The van der Waals surface area contributed by atoms with E-state index in [1.807, 2.05) is 0 Å². The molecule has 0 heterocycles. The average molecular weight is 276 g/mol. The fraction of sp³-hybridized carbons (Fsp3) is 0.833. The zero-order valence-corrected chi connectivity index (χ0v) is 12.5. The molecule has 3 nitrogen and oxygen atoms in total. The van der Waals surface area contributed by atoms with Crippen LogP contribution in [0.4, 0.5) is 0 Å². The molecule has 0 radical (unpaired) electrons. The second-order valence-electron chi connectivity index (χ2n) is 4.06. The Labute approximate surface area is 114 Å². The SMILES string of the molecule is CCCCCCCCCSC(=S)NNC(C)=O. The highest BCUT2D eigenvalue weighted by molar-refractivity contribution is 8.22. The predicted molar refractivity (Wildman–Crippen MR) is 80.0 cm³/mol. The second kappa shape index (κ2) is 12.2. The zero-order valence-electron chi connectivity index (χ0n) is 10.9. The summed E-state index contributed by atoms with van der Waals surface area (Å²) in [5.74, 6) is 0.906. The van der Waals surface area contributed by atoms with Crippen molar-refractivity contribution < 1.29 is 4.79 Å². The van der Waals surface area contributed by atoms with Gasteiger partial charge in [0.1, 0.15) is 0 Å². The second-order valence-corrected chi connectivity index (χ2v) is 5.84. The van der Waals surface area contributed by atoms with E-state index in [1.165, 1.54) is 51.9 Å². The average Bonchev–Trinajstić information content (AvgIpc) is 2.30. The highest BCUT2D eigenvalue weighted by Crippen LogP contribution is 2.10. The summed E-state index contributed by atoms with van der Waals surface area (Å²) in [6.45, 7) is 3.69. The molecule has 0 saturated carbocycles. The molecular formula is C12H24N2OS2. The minimum atomic E-state index is -0.121. The van der Waals surface area contributed by atoms with E-state index in [0.717, 1.165) is 5.75 Å². The minimum absolute atomic E-state index is 0.121. The van der Waals surface area contributed by atoms with Crippen LogP contribution >= 0.6 is 24.0 Å². The van der Waals surface area contributed by atoms with Crippen LogP contribution in [0.5, 0.6) is 0 Å². The quantitative estimate of drug-likeness (QED) is 0.405. The maximum atomic E-state index is 10.6. The Kier molecular flexibility index (Phi) is 12.0. The molecular weight excluding hydrogens is 252 g/mol. The van der Waals surface area contributed by atoms with E-state index in [2.05, 4.69) is 17.8 Å². The predicted octanol–water partition coefficient (Wildman–Crippen LogP) is 3.40. The molecule has 1 amide bonds. The van der Waals surface area contributed by atoms with Gasteiger partial charge in [0.05, 0.1) is 0 Å². The summed E-state index contributed by atoms with van der Waals surface area (Å²) in [6.07, 6.45) is 9.18. The van der Waals surface area contributed by atoms with Crippen LogP contribution in [-0.2, 0) is 4.79 Å². The summed E-state index contributed by atoms with van der Waals surface area (Å²) in [6, 6.07) is 0. The molecule has 0 fully saturated rings. The number of rotatable bonds is 8. The summed E-state index contributed by atoms with van der Waals surface area (Å²) in [5, 5.41) is 0. The van der Waals surface area contributed by atoms with E-state index in [4.69, 9.17) is 12.2 Å². The first-order chi connectivity index (χ1) is 8.16. The number of amides is 1. The number of carbonyl (C=O) groups excluding carboxylic acids is 1. The van der Waals surface area contributed by atoms with Gasteiger partial charge in [-0.3, -0.25) is 15.6 Å². The van der Waals surface area contributed by atoms with Gasteiger partial charge in [-0.05, 0) is 6.42 Å². The lowest BCUT2D eigenvalue weighted by atomic mass is 10.1. The van der Waals surface area contributed by atoms with Crippen LogP contribution in [0, 0.1) is 0 Å². The maximum absolute atomic E-state index is 10.6. The van der Waals surface area contributed by atoms with Crippen LogP contribution < -0.4 is 10.9 Å². The molecule has 0 bridgehead atoms. The van der Waals surface area contributed by atoms with Gasteiger partial charge in [0.15, 0.2) is 4.32 Å².